The van der Waals surface area contributed by atoms with E-state index in [-0.39, 0.29) is 10.9 Å². The Morgan fingerprint density at radius 2 is 1.94 bits per heavy atom. The Hall–Kier alpha value is -1.51. The third-order valence-corrected chi connectivity index (χ3v) is 2.97. The summed E-state index contributed by atoms with van der Waals surface area (Å²) in [5.74, 6) is -0.306. The number of anilines is 1. The van der Waals surface area contributed by atoms with E-state index in [1.807, 2.05) is 12.1 Å². The number of hydrogen-bond donors (Lipinski definition) is 1. The summed E-state index contributed by atoms with van der Waals surface area (Å²) >= 11 is 11.8. The second-order valence-electron chi connectivity index (χ2n) is 3.33. The molecule has 1 radical (unpaired) electrons. The van der Waals surface area contributed by atoms with Crippen molar-refractivity contribution >= 4 is 34.8 Å². The molecule has 4 heteroatoms. The van der Waals surface area contributed by atoms with Crippen LogP contribution in [-0.4, -0.2) is 5.91 Å². The van der Waals surface area contributed by atoms with Crippen molar-refractivity contribution in [1.29, 1.82) is 0 Å². The van der Waals surface area contributed by atoms with E-state index in [1.54, 1.807) is 30.3 Å². The molecule has 0 spiro atoms. The zero-order valence-corrected chi connectivity index (χ0v) is 10.2. The van der Waals surface area contributed by atoms with E-state index >= 15 is 0 Å². The summed E-state index contributed by atoms with van der Waals surface area (Å²) < 4.78 is 0. The molecular formula is C13H8Cl2NO. The maximum absolute atomic E-state index is 11.9. The van der Waals surface area contributed by atoms with E-state index in [9.17, 15) is 4.79 Å². The Morgan fingerprint density at radius 3 is 2.65 bits per heavy atom. The number of para-hydroxylation sites is 1. The van der Waals surface area contributed by atoms with Crippen molar-refractivity contribution in [1.82, 2.24) is 0 Å². The molecule has 0 heterocycles. The normalized spacial score (nSPS) is 10.0. The van der Waals surface area contributed by atoms with Gasteiger partial charge in [0.05, 0.1) is 15.6 Å². The van der Waals surface area contributed by atoms with Crippen LogP contribution in [0.4, 0.5) is 5.69 Å². The Balaban J connectivity index is 2.24. The van der Waals surface area contributed by atoms with Gasteiger partial charge in [-0.15, -0.1) is 0 Å². The van der Waals surface area contributed by atoms with E-state index in [2.05, 4.69) is 11.4 Å². The SMILES string of the molecule is O=C(Nc1[c]cccc1)c1cccc(Cl)c1Cl. The topological polar surface area (TPSA) is 29.1 Å². The van der Waals surface area contributed by atoms with E-state index < -0.39 is 0 Å². The van der Waals surface area contributed by atoms with Crippen molar-refractivity contribution in [2.75, 3.05) is 5.32 Å². The number of benzene rings is 2. The van der Waals surface area contributed by atoms with Crippen LogP contribution < -0.4 is 5.32 Å². The van der Waals surface area contributed by atoms with Crippen LogP contribution in [0, 0.1) is 6.07 Å². The molecule has 0 saturated carbocycles. The summed E-state index contributed by atoms with van der Waals surface area (Å²) in [4.78, 5) is 11.9. The van der Waals surface area contributed by atoms with Gasteiger partial charge in [0.25, 0.3) is 5.91 Å². The van der Waals surface area contributed by atoms with Gasteiger partial charge in [0.1, 0.15) is 0 Å². The zero-order valence-electron chi connectivity index (χ0n) is 8.71. The number of nitrogens with one attached hydrogen (secondary N) is 1. The Kier molecular flexibility index (Phi) is 3.67. The molecule has 0 unspecified atom stereocenters. The number of carbonyl (C=O) groups excluding carboxylic acids is 1. The summed E-state index contributed by atoms with van der Waals surface area (Å²) in [5, 5.41) is 3.30. The Bertz CT molecular complexity index is 540. The molecular weight excluding hydrogens is 257 g/mol. The first-order valence-corrected chi connectivity index (χ1v) is 5.66. The van der Waals surface area contributed by atoms with Crippen molar-refractivity contribution in [2.24, 2.45) is 0 Å². The highest BCUT2D eigenvalue weighted by Gasteiger charge is 2.12. The van der Waals surface area contributed by atoms with E-state index in [0.29, 0.717) is 16.3 Å². The lowest BCUT2D eigenvalue weighted by molar-refractivity contribution is 0.102. The molecule has 1 amide bonds. The standard InChI is InChI=1S/C13H8Cl2NO/c14-11-8-4-7-10(12(11)15)13(17)16-9-5-2-1-3-6-9/h1-5,7-8H,(H,16,17). The van der Waals surface area contributed by atoms with Crippen molar-refractivity contribution in [3.05, 3.63) is 64.1 Å². The first kappa shape index (κ1) is 12.0. The van der Waals surface area contributed by atoms with Crippen LogP contribution in [0.3, 0.4) is 0 Å². The predicted molar refractivity (Wildman–Crippen MR) is 69.7 cm³/mol. The molecule has 2 nitrogen and oxygen atoms in total. The molecule has 0 aliphatic carbocycles. The van der Waals surface area contributed by atoms with Crippen LogP contribution in [-0.2, 0) is 0 Å². The van der Waals surface area contributed by atoms with Crippen LogP contribution in [0.15, 0.2) is 42.5 Å². The monoisotopic (exact) mass is 264 g/mol. The van der Waals surface area contributed by atoms with Crippen LogP contribution in [0.25, 0.3) is 0 Å². The Morgan fingerprint density at radius 1 is 1.12 bits per heavy atom. The van der Waals surface area contributed by atoms with Crippen molar-refractivity contribution < 1.29 is 4.79 Å². The predicted octanol–water partition coefficient (Wildman–Crippen LogP) is 4.05. The minimum absolute atomic E-state index is 0.252. The van der Waals surface area contributed by atoms with Crippen LogP contribution in [0.1, 0.15) is 10.4 Å². The van der Waals surface area contributed by atoms with Gasteiger partial charge in [-0.2, -0.15) is 0 Å². The van der Waals surface area contributed by atoms with Crippen LogP contribution in [0.5, 0.6) is 0 Å². The molecule has 17 heavy (non-hydrogen) atoms. The summed E-state index contributed by atoms with van der Waals surface area (Å²) in [6.45, 7) is 0. The molecule has 0 saturated heterocycles. The molecule has 0 aromatic heterocycles. The maximum Gasteiger partial charge on any atom is 0.257 e. The molecule has 0 atom stereocenters. The Labute approximate surface area is 109 Å². The van der Waals surface area contributed by atoms with Gasteiger partial charge in [0.15, 0.2) is 0 Å². The average molecular weight is 265 g/mol. The van der Waals surface area contributed by atoms with Gasteiger partial charge in [-0.25, -0.2) is 0 Å². The van der Waals surface area contributed by atoms with Gasteiger partial charge in [0.2, 0.25) is 0 Å². The van der Waals surface area contributed by atoms with E-state index in [4.69, 9.17) is 23.2 Å². The highest BCUT2D eigenvalue weighted by Crippen LogP contribution is 2.26. The molecule has 2 aromatic rings. The molecule has 0 aliphatic rings. The fourth-order valence-corrected chi connectivity index (χ4v) is 1.73. The van der Waals surface area contributed by atoms with Crippen LogP contribution in [0.2, 0.25) is 10.0 Å². The summed E-state index contributed by atoms with van der Waals surface area (Å²) in [6, 6.07) is 14.9. The van der Waals surface area contributed by atoms with Crippen molar-refractivity contribution in [3.8, 4) is 0 Å². The lowest BCUT2D eigenvalue weighted by Crippen LogP contribution is -2.12. The molecule has 85 valence electrons. The first-order chi connectivity index (χ1) is 8.18. The van der Waals surface area contributed by atoms with Gasteiger partial charge in [-0.1, -0.05) is 47.5 Å². The molecule has 0 bridgehead atoms. The maximum atomic E-state index is 11.9. The quantitative estimate of drug-likeness (QED) is 0.872. The fraction of sp³-hybridized carbons (Fsp3) is 0. The number of halogens is 2. The minimum Gasteiger partial charge on any atom is -0.321 e. The summed E-state index contributed by atoms with van der Waals surface area (Å²) in [7, 11) is 0. The highest BCUT2D eigenvalue weighted by molar-refractivity contribution is 6.44. The lowest BCUT2D eigenvalue weighted by Gasteiger charge is -2.06. The van der Waals surface area contributed by atoms with Gasteiger partial charge >= 0.3 is 0 Å². The fourth-order valence-electron chi connectivity index (χ4n) is 1.34. The average Bonchev–Trinajstić information content (AvgIpc) is 2.34. The van der Waals surface area contributed by atoms with Gasteiger partial charge in [0, 0.05) is 11.8 Å². The smallest absolute Gasteiger partial charge is 0.257 e. The van der Waals surface area contributed by atoms with Gasteiger partial charge in [-0.05, 0) is 18.2 Å². The molecule has 1 N–H and O–H groups in total. The van der Waals surface area contributed by atoms with Crippen molar-refractivity contribution in [3.63, 3.8) is 0 Å². The third kappa shape index (κ3) is 2.78. The molecule has 2 rings (SSSR count). The third-order valence-electron chi connectivity index (χ3n) is 2.15. The second-order valence-corrected chi connectivity index (χ2v) is 4.12. The zero-order chi connectivity index (χ0) is 12.3. The molecule has 2 aromatic carbocycles. The van der Waals surface area contributed by atoms with Gasteiger partial charge in [-0.3, -0.25) is 4.79 Å². The van der Waals surface area contributed by atoms with Crippen molar-refractivity contribution in [2.45, 2.75) is 0 Å². The number of rotatable bonds is 2. The largest absolute Gasteiger partial charge is 0.321 e. The van der Waals surface area contributed by atoms with E-state index in [1.165, 1.54) is 0 Å². The number of hydrogen-bond acceptors (Lipinski definition) is 1. The number of amides is 1. The van der Waals surface area contributed by atoms with Crippen LogP contribution >= 0.6 is 23.2 Å². The lowest BCUT2D eigenvalue weighted by atomic mass is 10.2. The molecule has 0 aliphatic heterocycles. The minimum atomic E-state index is -0.306. The second kappa shape index (κ2) is 5.21. The summed E-state index contributed by atoms with van der Waals surface area (Å²) in [6.07, 6.45) is 0. The number of carbonyl (C=O) groups is 1. The summed E-state index contributed by atoms with van der Waals surface area (Å²) in [5.41, 5.74) is 0.935. The van der Waals surface area contributed by atoms with Gasteiger partial charge < -0.3 is 5.32 Å². The van der Waals surface area contributed by atoms with E-state index in [0.717, 1.165) is 0 Å². The highest BCUT2D eigenvalue weighted by atomic mass is 35.5. The molecule has 0 fully saturated rings. The first-order valence-electron chi connectivity index (χ1n) is 4.90.